The third-order valence-electron chi connectivity index (χ3n) is 1.32. The number of carbonyl (C=O) groups is 2. The van der Waals surface area contributed by atoms with E-state index in [1.807, 2.05) is 0 Å². The first-order valence-electron chi connectivity index (χ1n) is 3.40. The summed E-state index contributed by atoms with van der Waals surface area (Å²) in [6.07, 6.45) is -0.928. The monoisotopic (exact) mass is 181 g/mol. The largest absolute Gasteiger partial charge is 0.478 e. The van der Waals surface area contributed by atoms with Crippen molar-refractivity contribution in [1.29, 1.82) is 0 Å². The molecule has 3 N–H and O–H groups in total. The lowest BCUT2D eigenvalue weighted by Crippen LogP contribution is -2.16. The molecule has 1 rings (SSSR count). The van der Waals surface area contributed by atoms with E-state index in [0.717, 1.165) is 0 Å². The summed E-state index contributed by atoms with van der Waals surface area (Å²) >= 11 is 0. The van der Waals surface area contributed by atoms with E-state index in [0.29, 0.717) is 0 Å². The van der Waals surface area contributed by atoms with Gasteiger partial charge in [-0.3, -0.25) is 0 Å². The summed E-state index contributed by atoms with van der Waals surface area (Å²) in [5, 5.41) is 8.53. The summed E-state index contributed by atoms with van der Waals surface area (Å²) in [6.45, 7) is 0. The van der Waals surface area contributed by atoms with Gasteiger partial charge in [0.05, 0.1) is 5.56 Å². The Bertz CT molecular complexity index is 331. The van der Waals surface area contributed by atoms with Crippen LogP contribution >= 0.6 is 0 Å². The van der Waals surface area contributed by atoms with Gasteiger partial charge in [0.15, 0.2) is 0 Å². The predicted octanol–water partition coefficient (Wildman–Crippen LogP) is 0.842. The van der Waals surface area contributed by atoms with Crippen LogP contribution in [0.25, 0.3) is 0 Å². The van der Waals surface area contributed by atoms with E-state index in [-0.39, 0.29) is 11.3 Å². The molecule has 0 heterocycles. The van der Waals surface area contributed by atoms with Crippen LogP contribution in [0.4, 0.5) is 4.79 Å². The Kier molecular flexibility index (Phi) is 2.49. The molecule has 0 saturated carbocycles. The summed E-state index contributed by atoms with van der Waals surface area (Å²) in [5.74, 6) is -0.817. The van der Waals surface area contributed by atoms with Crippen molar-refractivity contribution < 1.29 is 19.4 Å². The van der Waals surface area contributed by atoms with Crippen molar-refractivity contribution in [2.45, 2.75) is 0 Å². The first kappa shape index (κ1) is 9.05. The fourth-order valence-electron chi connectivity index (χ4n) is 0.782. The molecule has 0 unspecified atom stereocenters. The first-order valence-corrected chi connectivity index (χ1v) is 3.40. The number of hydrogen-bond acceptors (Lipinski definition) is 3. The van der Waals surface area contributed by atoms with E-state index < -0.39 is 12.1 Å². The zero-order chi connectivity index (χ0) is 9.84. The molecule has 0 aliphatic heterocycles. The average molecular weight is 181 g/mol. The molecule has 68 valence electrons. The normalized spacial score (nSPS) is 9.23. The molecule has 0 spiro atoms. The van der Waals surface area contributed by atoms with Gasteiger partial charge in [0.2, 0.25) is 0 Å². The molecule has 5 heteroatoms. The van der Waals surface area contributed by atoms with Crippen molar-refractivity contribution in [3.05, 3.63) is 29.8 Å². The maximum atomic E-state index is 10.4. The number of hydrogen-bond donors (Lipinski definition) is 2. The highest BCUT2D eigenvalue weighted by atomic mass is 16.5. The molecule has 0 fully saturated rings. The van der Waals surface area contributed by atoms with Gasteiger partial charge in [-0.15, -0.1) is 0 Å². The van der Waals surface area contributed by atoms with Crippen LogP contribution in [0.15, 0.2) is 24.3 Å². The molecular formula is C8H7NO4. The lowest BCUT2D eigenvalue weighted by atomic mass is 10.2. The fourth-order valence-corrected chi connectivity index (χ4v) is 0.782. The number of aromatic carboxylic acids is 1. The van der Waals surface area contributed by atoms with Crippen LogP contribution in [-0.4, -0.2) is 17.2 Å². The Morgan fingerprint density at radius 2 is 1.77 bits per heavy atom. The van der Waals surface area contributed by atoms with Gasteiger partial charge < -0.3 is 15.6 Å². The third-order valence-corrected chi connectivity index (χ3v) is 1.32. The summed E-state index contributed by atoms with van der Waals surface area (Å²) in [4.78, 5) is 20.7. The summed E-state index contributed by atoms with van der Waals surface area (Å²) in [6, 6.07) is 5.35. The van der Waals surface area contributed by atoms with E-state index in [1.54, 1.807) is 0 Å². The van der Waals surface area contributed by atoms with Crippen molar-refractivity contribution in [3.8, 4) is 5.75 Å². The van der Waals surface area contributed by atoms with E-state index in [2.05, 4.69) is 4.74 Å². The molecular weight excluding hydrogens is 174 g/mol. The third kappa shape index (κ3) is 2.48. The highest BCUT2D eigenvalue weighted by molar-refractivity contribution is 5.87. The van der Waals surface area contributed by atoms with Crippen LogP contribution < -0.4 is 10.5 Å². The van der Waals surface area contributed by atoms with Crippen molar-refractivity contribution in [2.75, 3.05) is 0 Å². The van der Waals surface area contributed by atoms with Gasteiger partial charge >= 0.3 is 12.1 Å². The Balaban J connectivity index is 2.81. The summed E-state index contributed by atoms with van der Waals surface area (Å²) < 4.78 is 4.49. The molecule has 1 amide bonds. The number of rotatable bonds is 2. The Morgan fingerprint density at radius 3 is 2.15 bits per heavy atom. The van der Waals surface area contributed by atoms with E-state index in [4.69, 9.17) is 10.8 Å². The zero-order valence-electron chi connectivity index (χ0n) is 6.56. The number of carbonyl (C=O) groups excluding carboxylic acids is 1. The number of ether oxygens (including phenoxy) is 1. The lowest BCUT2D eigenvalue weighted by Gasteiger charge is -1.99. The number of benzene rings is 1. The summed E-state index contributed by atoms with van der Waals surface area (Å²) in [7, 11) is 0. The van der Waals surface area contributed by atoms with Crippen LogP contribution in [0, 0.1) is 0 Å². The smallest absolute Gasteiger partial charge is 0.409 e. The molecule has 0 aliphatic rings. The van der Waals surface area contributed by atoms with Crippen LogP contribution in [0.2, 0.25) is 0 Å². The highest BCUT2D eigenvalue weighted by Crippen LogP contribution is 2.11. The Morgan fingerprint density at radius 1 is 1.23 bits per heavy atom. The maximum absolute atomic E-state index is 10.4. The number of primary amides is 1. The van der Waals surface area contributed by atoms with E-state index >= 15 is 0 Å². The number of carboxylic acid groups (broad SMARTS) is 1. The van der Waals surface area contributed by atoms with Crippen molar-refractivity contribution >= 4 is 12.1 Å². The van der Waals surface area contributed by atoms with E-state index in [9.17, 15) is 9.59 Å². The van der Waals surface area contributed by atoms with Gasteiger partial charge in [-0.05, 0) is 24.3 Å². The minimum atomic E-state index is -1.04. The maximum Gasteiger partial charge on any atom is 0.409 e. The minimum absolute atomic E-state index is 0.122. The minimum Gasteiger partial charge on any atom is -0.478 e. The Hall–Kier alpha value is -2.04. The number of nitrogens with two attached hydrogens (primary N) is 1. The van der Waals surface area contributed by atoms with Gasteiger partial charge in [0.25, 0.3) is 0 Å². The first-order chi connectivity index (χ1) is 6.09. The van der Waals surface area contributed by atoms with Gasteiger partial charge in [0.1, 0.15) is 5.75 Å². The van der Waals surface area contributed by atoms with Crippen molar-refractivity contribution in [3.63, 3.8) is 0 Å². The molecule has 0 aliphatic carbocycles. The molecule has 0 bridgehead atoms. The summed E-state index contributed by atoms with van der Waals surface area (Å²) in [5.41, 5.74) is 4.87. The quantitative estimate of drug-likeness (QED) is 0.707. The molecule has 5 nitrogen and oxygen atoms in total. The second-order valence-electron chi connectivity index (χ2n) is 2.25. The highest BCUT2D eigenvalue weighted by Gasteiger charge is 2.03. The average Bonchev–Trinajstić information content (AvgIpc) is 2.04. The fraction of sp³-hybridized carbons (Fsp3) is 0. The van der Waals surface area contributed by atoms with Gasteiger partial charge in [-0.1, -0.05) is 0 Å². The van der Waals surface area contributed by atoms with Gasteiger partial charge in [-0.25, -0.2) is 9.59 Å². The molecule has 0 aromatic heterocycles. The second kappa shape index (κ2) is 3.57. The lowest BCUT2D eigenvalue weighted by molar-refractivity contribution is 0.0697. The van der Waals surface area contributed by atoms with Crippen molar-refractivity contribution in [2.24, 2.45) is 5.73 Å². The standard InChI is InChI=1S/C8H7NO4/c9-8(12)13-6-3-1-5(2-4-6)7(10)11/h1-4H,(H2,9,12)(H,10,11). The van der Waals surface area contributed by atoms with E-state index in [1.165, 1.54) is 24.3 Å². The van der Waals surface area contributed by atoms with Crippen LogP contribution in [0.1, 0.15) is 10.4 Å². The van der Waals surface area contributed by atoms with Gasteiger partial charge in [0, 0.05) is 0 Å². The molecule has 13 heavy (non-hydrogen) atoms. The molecule has 0 atom stereocenters. The van der Waals surface area contributed by atoms with Crippen molar-refractivity contribution in [1.82, 2.24) is 0 Å². The van der Waals surface area contributed by atoms with Crippen LogP contribution in [0.3, 0.4) is 0 Å². The molecule has 1 aromatic carbocycles. The number of amides is 1. The molecule has 0 saturated heterocycles. The topological polar surface area (TPSA) is 89.6 Å². The molecule has 1 aromatic rings. The number of carboxylic acids is 1. The van der Waals surface area contributed by atoms with Crippen LogP contribution in [0.5, 0.6) is 5.75 Å². The van der Waals surface area contributed by atoms with Crippen LogP contribution in [-0.2, 0) is 0 Å². The predicted molar refractivity (Wildman–Crippen MR) is 43.6 cm³/mol. The SMILES string of the molecule is NC(=O)Oc1ccc(C(=O)O)cc1. The second-order valence-corrected chi connectivity index (χ2v) is 2.25. The molecule has 0 radical (unpaired) electrons. The van der Waals surface area contributed by atoms with Gasteiger partial charge in [-0.2, -0.15) is 0 Å². The zero-order valence-corrected chi connectivity index (χ0v) is 6.56. The Labute approximate surface area is 73.7 Å².